The monoisotopic (exact) mass is 317 g/mol. The van der Waals surface area contributed by atoms with E-state index in [2.05, 4.69) is 5.32 Å². The van der Waals surface area contributed by atoms with Gasteiger partial charge in [-0.05, 0) is 42.0 Å². The number of aromatic hydroxyl groups is 1. The molecule has 0 fully saturated rings. The van der Waals surface area contributed by atoms with Crippen LogP contribution in [-0.4, -0.2) is 17.8 Å². The van der Waals surface area contributed by atoms with Crippen molar-refractivity contribution in [1.82, 2.24) is 0 Å². The van der Waals surface area contributed by atoms with E-state index in [1.54, 1.807) is 24.3 Å². The van der Waals surface area contributed by atoms with Crippen molar-refractivity contribution in [1.29, 1.82) is 0 Å². The zero-order valence-corrected chi connectivity index (χ0v) is 12.1. The van der Waals surface area contributed by atoms with Crippen molar-refractivity contribution in [2.24, 2.45) is 0 Å². The number of fused-ring (bicyclic) bond motifs is 1. The van der Waals surface area contributed by atoms with Crippen LogP contribution in [0.1, 0.15) is 5.56 Å². The molecule has 112 valence electrons. The van der Waals surface area contributed by atoms with Crippen LogP contribution in [0.25, 0.3) is 6.08 Å². The third-order valence-electron chi connectivity index (χ3n) is 3.04. The summed E-state index contributed by atoms with van der Waals surface area (Å²) in [5, 5.41) is 12.2. The van der Waals surface area contributed by atoms with Gasteiger partial charge in [0.25, 0.3) is 0 Å². The average Bonchev–Trinajstić information content (AvgIpc) is 2.96. The predicted molar refractivity (Wildman–Crippen MR) is 83.3 cm³/mol. The highest BCUT2D eigenvalue weighted by Gasteiger charge is 2.12. The number of carbonyl (C=O) groups excluding carboxylic acids is 1. The zero-order valence-electron chi connectivity index (χ0n) is 11.4. The number of benzene rings is 2. The molecule has 0 bridgehead atoms. The summed E-state index contributed by atoms with van der Waals surface area (Å²) in [5.74, 6) is 1.02. The van der Waals surface area contributed by atoms with Crippen molar-refractivity contribution >= 4 is 29.3 Å². The Labute approximate surface area is 131 Å². The molecule has 2 aromatic rings. The van der Waals surface area contributed by atoms with E-state index >= 15 is 0 Å². The largest absolute Gasteiger partial charge is 0.506 e. The normalized spacial score (nSPS) is 12.6. The predicted octanol–water partition coefficient (Wildman–Crippen LogP) is 3.43. The first kappa shape index (κ1) is 14.3. The molecule has 0 spiro atoms. The van der Waals surface area contributed by atoms with Gasteiger partial charge in [0.15, 0.2) is 11.5 Å². The maximum Gasteiger partial charge on any atom is 0.248 e. The number of halogens is 1. The molecule has 2 N–H and O–H groups in total. The molecular weight excluding hydrogens is 306 g/mol. The summed E-state index contributed by atoms with van der Waals surface area (Å²) in [7, 11) is 0. The van der Waals surface area contributed by atoms with E-state index < -0.39 is 0 Å². The topological polar surface area (TPSA) is 67.8 Å². The lowest BCUT2D eigenvalue weighted by molar-refractivity contribution is -0.111. The van der Waals surface area contributed by atoms with Gasteiger partial charge in [-0.1, -0.05) is 17.7 Å². The first-order valence-corrected chi connectivity index (χ1v) is 6.87. The van der Waals surface area contributed by atoms with Crippen LogP contribution in [0.4, 0.5) is 5.69 Å². The summed E-state index contributed by atoms with van der Waals surface area (Å²) in [5.41, 5.74) is 1.33. The van der Waals surface area contributed by atoms with Crippen LogP contribution in [0.2, 0.25) is 5.02 Å². The van der Waals surface area contributed by atoms with Gasteiger partial charge in [0.1, 0.15) is 5.75 Å². The van der Waals surface area contributed by atoms with Crippen LogP contribution in [0, 0.1) is 0 Å². The molecule has 0 atom stereocenters. The van der Waals surface area contributed by atoms with E-state index in [4.69, 9.17) is 21.1 Å². The van der Waals surface area contributed by atoms with Crippen molar-refractivity contribution in [2.75, 3.05) is 12.1 Å². The first-order valence-electron chi connectivity index (χ1n) is 6.49. The van der Waals surface area contributed by atoms with Gasteiger partial charge in [0.2, 0.25) is 12.7 Å². The van der Waals surface area contributed by atoms with Crippen LogP contribution in [0.3, 0.4) is 0 Å². The number of nitrogens with one attached hydrogen (secondary N) is 1. The van der Waals surface area contributed by atoms with Gasteiger partial charge in [-0.3, -0.25) is 4.79 Å². The molecule has 6 heteroatoms. The number of phenols is 1. The Morgan fingerprint density at radius 2 is 2.00 bits per heavy atom. The third-order valence-corrected chi connectivity index (χ3v) is 3.34. The molecule has 0 aliphatic carbocycles. The first-order chi connectivity index (χ1) is 10.6. The highest BCUT2D eigenvalue weighted by molar-refractivity contribution is 6.32. The lowest BCUT2D eigenvalue weighted by Gasteiger charge is -2.03. The van der Waals surface area contributed by atoms with Crippen molar-refractivity contribution < 1.29 is 19.4 Å². The van der Waals surface area contributed by atoms with Crippen LogP contribution >= 0.6 is 11.6 Å². The number of amides is 1. The summed E-state index contributed by atoms with van der Waals surface area (Å²) in [6, 6.07) is 9.87. The summed E-state index contributed by atoms with van der Waals surface area (Å²) >= 11 is 5.78. The summed E-state index contributed by atoms with van der Waals surface area (Å²) in [4.78, 5) is 11.9. The number of rotatable bonds is 3. The summed E-state index contributed by atoms with van der Waals surface area (Å²) < 4.78 is 10.5. The van der Waals surface area contributed by atoms with Crippen LogP contribution in [0.15, 0.2) is 42.5 Å². The second kappa shape index (κ2) is 5.99. The van der Waals surface area contributed by atoms with Crippen molar-refractivity contribution in [3.63, 3.8) is 0 Å². The molecule has 1 aliphatic heterocycles. The molecule has 0 radical (unpaired) electrons. The van der Waals surface area contributed by atoms with E-state index in [0.717, 1.165) is 5.56 Å². The lowest BCUT2D eigenvalue weighted by atomic mass is 10.2. The fourth-order valence-electron chi connectivity index (χ4n) is 1.96. The summed E-state index contributed by atoms with van der Waals surface area (Å²) in [6.45, 7) is 0.213. The molecule has 1 aliphatic rings. The van der Waals surface area contributed by atoms with Gasteiger partial charge in [0, 0.05) is 11.8 Å². The minimum Gasteiger partial charge on any atom is -0.506 e. The average molecular weight is 318 g/mol. The van der Waals surface area contributed by atoms with Crippen molar-refractivity contribution in [3.05, 3.63) is 53.1 Å². The van der Waals surface area contributed by atoms with E-state index in [1.165, 1.54) is 18.2 Å². The van der Waals surface area contributed by atoms with Crippen LogP contribution in [-0.2, 0) is 4.79 Å². The van der Waals surface area contributed by atoms with Crippen LogP contribution in [0.5, 0.6) is 17.2 Å². The number of anilines is 1. The molecule has 5 nitrogen and oxygen atoms in total. The molecule has 0 saturated heterocycles. The molecule has 0 aromatic heterocycles. The number of phenolic OH excluding ortho intramolecular Hbond substituents is 1. The second-order valence-electron chi connectivity index (χ2n) is 4.60. The Morgan fingerprint density at radius 3 is 2.82 bits per heavy atom. The summed E-state index contributed by atoms with van der Waals surface area (Å²) in [6.07, 6.45) is 3.07. The van der Waals surface area contributed by atoms with E-state index in [1.807, 2.05) is 6.07 Å². The van der Waals surface area contributed by atoms with E-state index in [9.17, 15) is 9.90 Å². The number of hydrogen-bond acceptors (Lipinski definition) is 4. The molecule has 22 heavy (non-hydrogen) atoms. The Hall–Kier alpha value is -2.66. The smallest absolute Gasteiger partial charge is 0.248 e. The molecule has 0 unspecified atom stereocenters. The van der Waals surface area contributed by atoms with Crippen molar-refractivity contribution in [3.8, 4) is 17.2 Å². The van der Waals surface area contributed by atoms with Gasteiger partial charge in [-0.25, -0.2) is 0 Å². The second-order valence-corrected chi connectivity index (χ2v) is 5.01. The lowest BCUT2D eigenvalue weighted by Crippen LogP contribution is -2.07. The minimum atomic E-state index is -0.306. The highest BCUT2D eigenvalue weighted by atomic mass is 35.5. The van der Waals surface area contributed by atoms with E-state index in [0.29, 0.717) is 17.2 Å². The van der Waals surface area contributed by atoms with Gasteiger partial charge < -0.3 is 19.9 Å². The number of ether oxygens (including phenoxy) is 2. The molecule has 0 saturated carbocycles. The van der Waals surface area contributed by atoms with Crippen LogP contribution < -0.4 is 14.8 Å². The number of carbonyl (C=O) groups is 1. The van der Waals surface area contributed by atoms with Gasteiger partial charge in [-0.2, -0.15) is 0 Å². The minimum absolute atomic E-state index is 0.0319. The fraction of sp³-hybridized carbons (Fsp3) is 0.0625. The Morgan fingerprint density at radius 1 is 1.18 bits per heavy atom. The van der Waals surface area contributed by atoms with Gasteiger partial charge in [0.05, 0.1) is 5.02 Å². The molecule has 3 rings (SSSR count). The Bertz CT molecular complexity index is 758. The number of hydrogen-bond donors (Lipinski definition) is 2. The zero-order chi connectivity index (χ0) is 15.5. The Kier molecular flexibility index (Phi) is 3.89. The van der Waals surface area contributed by atoms with Gasteiger partial charge >= 0.3 is 0 Å². The van der Waals surface area contributed by atoms with Gasteiger partial charge in [-0.15, -0.1) is 0 Å². The SMILES string of the molecule is O=C(/C=C/c1ccc2c(c1)OCO2)Nc1ccc(O)c(Cl)c1. The maximum atomic E-state index is 11.9. The highest BCUT2D eigenvalue weighted by Crippen LogP contribution is 2.32. The molecular formula is C16H12ClNO4. The molecule has 1 heterocycles. The third kappa shape index (κ3) is 3.15. The molecule has 1 amide bonds. The fourth-order valence-corrected chi connectivity index (χ4v) is 2.14. The Balaban J connectivity index is 1.67. The standard InChI is InChI=1S/C16H12ClNO4/c17-12-8-11(3-4-13(12)19)18-16(20)6-2-10-1-5-14-15(7-10)22-9-21-14/h1-8,19H,9H2,(H,18,20)/b6-2+. The van der Waals surface area contributed by atoms with E-state index in [-0.39, 0.29) is 23.5 Å². The quantitative estimate of drug-likeness (QED) is 0.672. The maximum absolute atomic E-state index is 11.9. The van der Waals surface area contributed by atoms with Crippen molar-refractivity contribution in [2.45, 2.75) is 0 Å². The molecule has 2 aromatic carbocycles.